The first-order valence-electron chi connectivity index (χ1n) is 6.76. The minimum absolute atomic E-state index is 0.296. The van der Waals surface area contributed by atoms with E-state index in [0.717, 1.165) is 32.5 Å². The van der Waals surface area contributed by atoms with Crippen molar-refractivity contribution in [2.45, 2.75) is 44.1 Å². The van der Waals surface area contributed by atoms with E-state index >= 15 is 0 Å². The number of nitrogens with zero attached hydrogens (tertiary/aromatic N) is 1. The van der Waals surface area contributed by atoms with E-state index in [-0.39, 0.29) is 0 Å². The summed E-state index contributed by atoms with van der Waals surface area (Å²) in [5, 5.41) is 0. The van der Waals surface area contributed by atoms with E-state index in [1.165, 1.54) is 12.0 Å². The molecule has 0 spiro atoms. The molecule has 1 aromatic heterocycles. The highest BCUT2D eigenvalue weighted by Crippen LogP contribution is 2.32. The number of fused-ring (bicyclic) bond motifs is 1. The average molecular weight is 251 g/mol. The lowest BCUT2D eigenvalue weighted by Crippen LogP contribution is -2.43. The average Bonchev–Trinajstić information content (AvgIpc) is 3.00. The van der Waals surface area contributed by atoms with Gasteiger partial charge in [0, 0.05) is 31.8 Å². The summed E-state index contributed by atoms with van der Waals surface area (Å²) in [4.78, 5) is 2.53. The Hall–Kier alpha value is -0.840. The molecule has 1 aromatic rings. The molecule has 2 aliphatic heterocycles. The molecule has 0 aromatic carbocycles. The maximum atomic E-state index is 6.11. The molecule has 0 saturated carbocycles. The number of ether oxygens (including phenoxy) is 2. The quantitative estimate of drug-likeness (QED) is 0.820. The monoisotopic (exact) mass is 251 g/mol. The highest BCUT2D eigenvalue weighted by atomic mass is 16.5. The van der Waals surface area contributed by atoms with Gasteiger partial charge in [-0.3, -0.25) is 4.90 Å². The second-order valence-electron chi connectivity index (χ2n) is 5.29. The second kappa shape index (κ2) is 5.43. The summed E-state index contributed by atoms with van der Waals surface area (Å²) in [6, 6.07) is 2.62. The number of likely N-dealkylation sites (tertiary alicyclic amines) is 1. The van der Waals surface area contributed by atoms with Crippen LogP contribution in [0.5, 0.6) is 0 Å². The Bertz CT molecular complexity index is 365. The highest BCUT2D eigenvalue weighted by molar-refractivity contribution is 5.07. The van der Waals surface area contributed by atoms with Crippen molar-refractivity contribution in [2.24, 2.45) is 0 Å². The second-order valence-corrected chi connectivity index (χ2v) is 5.29. The zero-order chi connectivity index (χ0) is 12.4. The minimum Gasteiger partial charge on any atom is -0.472 e. The van der Waals surface area contributed by atoms with Gasteiger partial charge in [0.2, 0.25) is 0 Å². The van der Waals surface area contributed by atoms with Gasteiger partial charge >= 0.3 is 0 Å². The van der Waals surface area contributed by atoms with Crippen LogP contribution in [0.15, 0.2) is 23.0 Å². The van der Waals surface area contributed by atoms with E-state index in [1.807, 2.05) is 12.3 Å². The van der Waals surface area contributed by atoms with Crippen molar-refractivity contribution in [1.29, 1.82) is 0 Å². The first kappa shape index (κ1) is 12.2. The number of rotatable bonds is 4. The molecule has 0 aliphatic carbocycles. The molecule has 0 amide bonds. The van der Waals surface area contributed by atoms with Crippen molar-refractivity contribution in [3.63, 3.8) is 0 Å². The van der Waals surface area contributed by atoms with Crippen molar-refractivity contribution in [3.05, 3.63) is 24.2 Å². The van der Waals surface area contributed by atoms with Crippen molar-refractivity contribution < 1.29 is 13.9 Å². The standard InChI is InChI=1S/C14H21NO3/c1-16-10-12-2-3-13-14(18-12)4-6-15(13)8-11-5-7-17-9-11/h5,7,9,12-14H,2-4,6,8,10H2,1H3/t12-,13-,14-/m1/s1. The number of hydrogen-bond acceptors (Lipinski definition) is 4. The van der Waals surface area contributed by atoms with Crippen LogP contribution in [-0.2, 0) is 16.0 Å². The van der Waals surface area contributed by atoms with Crippen LogP contribution in [0.3, 0.4) is 0 Å². The van der Waals surface area contributed by atoms with Gasteiger partial charge in [0.05, 0.1) is 31.3 Å². The smallest absolute Gasteiger partial charge is 0.0947 e. The molecule has 0 radical (unpaired) electrons. The molecule has 100 valence electrons. The van der Waals surface area contributed by atoms with E-state index in [4.69, 9.17) is 13.9 Å². The molecule has 0 N–H and O–H groups in total. The zero-order valence-electron chi connectivity index (χ0n) is 10.9. The van der Waals surface area contributed by atoms with Crippen molar-refractivity contribution in [1.82, 2.24) is 4.90 Å². The Kier molecular flexibility index (Phi) is 3.68. The summed E-state index contributed by atoms with van der Waals surface area (Å²) in [6.07, 6.45) is 7.74. The fraction of sp³-hybridized carbons (Fsp3) is 0.714. The molecule has 0 bridgehead atoms. The van der Waals surface area contributed by atoms with E-state index in [0.29, 0.717) is 18.2 Å². The first-order valence-corrected chi connectivity index (χ1v) is 6.76. The fourth-order valence-electron chi connectivity index (χ4n) is 3.21. The molecule has 3 rings (SSSR count). The SMILES string of the molecule is COC[C@H]1CC[C@@H]2[C@@H](CCN2Cc2ccoc2)O1. The minimum atomic E-state index is 0.296. The maximum absolute atomic E-state index is 6.11. The Labute approximate surface area is 108 Å². The summed E-state index contributed by atoms with van der Waals surface area (Å²) in [5.74, 6) is 0. The van der Waals surface area contributed by atoms with Gasteiger partial charge in [0.25, 0.3) is 0 Å². The van der Waals surface area contributed by atoms with Gasteiger partial charge in [0.15, 0.2) is 0 Å². The van der Waals surface area contributed by atoms with Crippen LogP contribution >= 0.6 is 0 Å². The summed E-state index contributed by atoms with van der Waals surface area (Å²) >= 11 is 0. The van der Waals surface area contributed by atoms with Gasteiger partial charge in [-0.2, -0.15) is 0 Å². The van der Waals surface area contributed by atoms with Crippen LogP contribution in [0.4, 0.5) is 0 Å². The van der Waals surface area contributed by atoms with Crippen LogP contribution in [-0.4, -0.2) is 43.4 Å². The Morgan fingerprint density at radius 3 is 3.11 bits per heavy atom. The maximum Gasteiger partial charge on any atom is 0.0947 e. The van der Waals surface area contributed by atoms with Gasteiger partial charge in [-0.25, -0.2) is 0 Å². The van der Waals surface area contributed by atoms with Crippen molar-refractivity contribution in [2.75, 3.05) is 20.3 Å². The third-order valence-electron chi connectivity index (χ3n) is 4.07. The van der Waals surface area contributed by atoms with Crippen molar-refractivity contribution in [3.8, 4) is 0 Å². The van der Waals surface area contributed by atoms with E-state index in [9.17, 15) is 0 Å². The molecule has 2 saturated heterocycles. The third-order valence-corrected chi connectivity index (χ3v) is 4.07. The van der Waals surface area contributed by atoms with Crippen LogP contribution < -0.4 is 0 Å². The molecule has 3 heterocycles. The Morgan fingerprint density at radius 2 is 2.33 bits per heavy atom. The van der Waals surface area contributed by atoms with Crippen LogP contribution in [0.1, 0.15) is 24.8 Å². The summed E-state index contributed by atoms with van der Waals surface area (Å²) in [5.41, 5.74) is 1.26. The van der Waals surface area contributed by atoms with Crippen LogP contribution in [0.2, 0.25) is 0 Å². The third kappa shape index (κ3) is 2.46. The van der Waals surface area contributed by atoms with Crippen LogP contribution in [0, 0.1) is 0 Å². The van der Waals surface area contributed by atoms with E-state index < -0.39 is 0 Å². The molecule has 3 atom stereocenters. The summed E-state index contributed by atoms with van der Waals surface area (Å²) < 4.78 is 16.4. The largest absolute Gasteiger partial charge is 0.472 e. The predicted octanol–water partition coefficient (Wildman–Crippen LogP) is 2.05. The van der Waals surface area contributed by atoms with E-state index in [2.05, 4.69) is 4.90 Å². The molecule has 2 fully saturated rings. The Balaban J connectivity index is 1.58. The van der Waals surface area contributed by atoms with Gasteiger partial charge < -0.3 is 13.9 Å². The lowest BCUT2D eigenvalue weighted by molar-refractivity contribution is -0.0938. The molecule has 4 heteroatoms. The zero-order valence-corrected chi connectivity index (χ0v) is 10.9. The Morgan fingerprint density at radius 1 is 1.39 bits per heavy atom. The molecular weight excluding hydrogens is 230 g/mol. The highest BCUT2D eigenvalue weighted by Gasteiger charge is 2.39. The van der Waals surface area contributed by atoms with Gasteiger partial charge in [-0.15, -0.1) is 0 Å². The first-order chi connectivity index (χ1) is 8.86. The van der Waals surface area contributed by atoms with Crippen molar-refractivity contribution >= 4 is 0 Å². The normalized spacial score (nSPS) is 32.6. The van der Waals surface area contributed by atoms with Crippen LogP contribution in [0.25, 0.3) is 0 Å². The number of methoxy groups -OCH3 is 1. The van der Waals surface area contributed by atoms with Gasteiger partial charge in [-0.05, 0) is 25.3 Å². The summed E-state index contributed by atoms with van der Waals surface area (Å²) in [6.45, 7) is 2.83. The fourth-order valence-corrected chi connectivity index (χ4v) is 3.21. The molecule has 4 nitrogen and oxygen atoms in total. The van der Waals surface area contributed by atoms with Gasteiger partial charge in [-0.1, -0.05) is 0 Å². The molecule has 18 heavy (non-hydrogen) atoms. The topological polar surface area (TPSA) is 34.8 Å². The lowest BCUT2D eigenvalue weighted by atomic mass is 9.99. The molecule has 2 aliphatic rings. The number of furan rings is 1. The predicted molar refractivity (Wildman–Crippen MR) is 67.3 cm³/mol. The number of hydrogen-bond donors (Lipinski definition) is 0. The lowest BCUT2D eigenvalue weighted by Gasteiger charge is -2.35. The van der Waals surface area contributed by atoms with Gasteiger partial charge in [0.1, 0.15) is 0 Å². The molecule has 0 unspecified atom stereocenters. The summed E-state index contributed by atoms with van der Waals surface area (Å²) in [7, 11) is 1.75. The molecular formula is C14H21NO3. The van der Waals surface area contributed by atoms with E-state index in [1.54, 1.807) is 13.4 Å².